The van der Waals surface area contributed by atoms with Gasteiger partial charge in [-0.25, -0.2) is 5.43 Å². The second-order valence-corrected chi connectivity index (χ2v) is 4.89. The molecule has 2 rings (SSSR count). The Morgan fingerprint density at radius 1 is 1.12 bits per heavy atom. The molecule has 0 fully saturated rings. The van der Waals surface area contributed by atoms with Crippen LogP contribution < -0.4 is 11.3 Å². The summed E-state index contributed by atoms with van der Waals surface area (Å²) in [5.41, 5.74) is 6.98. The molecule has 0 saturated heterocycles. The molecule has 1 aromatic rings. The number of benzene rings is 1. The van der Waals surface area contributed by atoms with Gasteiger partial charge in [0.05, 0.1) is 6.04 Å². The van der Waals surface area contributed by atoms with Crippen LogP contribution >= 0.6 is 0 Å². The summed E-state index contributed by atoms with van der Waals surface area (Å²) in [6.07, 6.45) is 8.68. The van der Waals surface area contributed by atoms with Crippen LogP contribution in [0.1, 0.15) is 49.3 Å². The molecule has 1 atom stereocenters. The van der Waals surface area contributed by atoms with Gasteiger partial charge in [0, 0.05) is 0 Å². The summed E-state index contributed by atoms with van der Waals surface area (Å²) < 4.78 is 0. The highest BCUT2D eigenvalue weighted by molar-refractivity contribution is 5.30. The summed E-state index contributed by atoms with van der Waals surface area (Å²) >= 11 is 0. The third-order valence-corrected chi connectivity index (χ3v) is 3.52. The fourth-order valence-electron chi connectivity index (χ4n) is 2.48. The van der Waals surface area contributed by atoms with Crippen LogP contribution in [0.15, 0.2) is 35.9 Å². The predicted octanol–water partition coefficient (Wildman–Crippen LogP) is 3.39. The van der Waals surface area contributed by atoms with Crippen molar-refractivity contribution in [2.75, 3.05) is 0 Å². The second kappa shape index (κ2) is 5.99. The van der Waals surface area contributed by atoms with Gasteiger partial charge < -0.3 is 0 Å². The van der Waals surface area contributed by atoms with Crippen LogP contribution in [0.4, 0.5) is 0 Å². The monoisotopic (exact) mass is 230 g/mol. The topological polar surface area (TPSA) is 38.0 Å². The van der Waals surface area contributed by atoms with Crippen LogP contribution in [0.3, 0.4) is 0 Å². The van der Waals surface area contributed by atoms with Gasteiger partial charge >= 0.3 is 0 Å². The Labute approximate surface area is 104 Å². The Hall–Kier alpha value is -1.12. The standard InChI is InChI=1S/C15H22N2/c1-12-8-10-14(11-9-12)15(17-16)13-6-4-2-3-5-7-13/h6,8-11,15,17H,2-5,7,16H2,1H3. The van der Waals surface area contributed by atoms with Gasteiger partial charge in [0.1, 0.15) is 0 Å². The third kappa shape index (κ3) is 3.18. The maximum atomic E-state index is 5.73. The normalized spacial score (nSPS) is 18.4. The lowest BCUT2D eigenvalue weighted by Crippen LogP contribution is -2.29. The second-order valence-electron chi connectivity index (χ2n) is 4.89. The third-order valence-electron chi connectivity index (χ3n) is 3.52. The van der Waals surface area contributed by atoms with E-state index in [1.165, 1.54) is 48.8 Å². The van der Waals surface area contributed by atoms with Gasteiger partial charge in [-0.05, 0) is 38.2 Å². The number of aryl methyl sites for hydroxylation is 1. The zero-order chi connectivity index (χ0) is 12.1. The van der Waals surface area contributed by atoms with Gasteiger partial charge in [-0.2, -0.15) is 0 Å². The van der Waals surface area contributed by atoms with Crippen LogP contribution in [0.5, 0.6) is 0 Å². The first-order valence-electron chi connectivity index (χ1n) is 6.53. The molecule has 1 aromatic carbocycles. The lowest BCUT2D eigenvalue weighted by Gasteiger charge is -2.20. The summed E-state index contributed by atoms with van der Waals surface area (Å²) in [6.45, 7) is 2.11. The molecule has 1 aliphatic rings. The Balaban J connectivity index is 2.20. The van der Waals surface area contributed by atoms with E-state index in [0.29, 0.717) is 0 Å². The molecule has 0 aliphatic heterocycles. The lowest BCUT2D eigenvalue weighted by molar-refractivity contribution is 0.593. The Morgan fingerprint density at radius 3 is 2.59 bits per heavy atom. The van der Waals surface area contributed by atoms with Crippen LogP contribution in [0, 0.1) is 6.92 Å². The maximum Gasteiger partial charge on any atom is 0.0670 e. The van der Waals surface area contributed by atoms with Crippen molar-refractivity contribution >= 4 is 0 Å². The highest BCUT2D eigenvalue weighted by atomic mass is 15.2. The Morgan fingerprint density at radius 2 is 1.88 bits per heavy atom. The average Bonchev–Trinajstić information content (AvgIpc) is 2.62. The number of nitrogens with one attached hydrogen (secondary N) is 1. The van der Waals surface area contributed by atoms with Gasteiger partial charge in [-0.3, -0.25) is 5.84 Å². The number of hydrogen-bond donors (Lipinski definition) is 2. The van der Waals surface area contributed by atoms with E-state index < -0.39 is 0 Å². The zero-order valence-electron chi connectivity index (χ0n) is 10.6. The lowest BCUT2D eigenvalue weighted by atomic mass is 9.95. The smallest absolute Gasteiger partial charge is 0.0670 e. The molecule has 92 valence electrons. The molecule has 0 radical (unpaired) electrons. The van der Waals surface area contributed by atoms with Crippen molar-refractivity contribution in [2.45, 2.75) is 45.1 Å². The minimum atomic E-state index is 0.189. The minimum Gasteiger partial charge on any atom is -0.271 e. The highest BCUT2D eigenvalue weighted by Crippen LogP contribution is 2.28. The Bertz CT molecular complexity index is 378. The van der Waals surface area contributed by atoms with E-state index in [0.717, 1.165) is 0 Å². The number of hydrazine groups is 1. The Kier molecular flexibility index (Phi) is 4.35. The largest absolute Gasteiger partial charge is 0.271 e. The van der Waals surface area contributed by atoms with Crippen molar-refractivity contribution < 1.29 is 0 Å². The van der Waals surface area contributed by atoms with Gasteiger partial charge in [0.2, 0.25) is 0 Å². The molecule has 0 spiro atoms. The van der Waals surface area contributed by atoms with E-state index in [9.17, 15) is 0 Å². The van der Waals surface area contributed by atoms with Crippen LogP contribution in [0.25, 0.3) is 0 Å². The molecule has 0 aromatic heterocycles. The molecule has 2 nitrogen and oxygen atoms in total. The molecule has 1 aliphatic carbocycles. The first-order valence-corrected chi connectivity index (χ1v) is 6.53. The molecule has 0 amide bonds. The van der Waals surface area contributed by atoms with Crippen LogP contribution in [-0.4, -0.2) is 0 Å². The molecular weight excluding hydrogens is 208 g/mol. The summed E-state index contributed by atoms with van der Waals surface area (Å²) in [6, 6.07) is 8.83. The van der Waals surface area contributed by atoms with E-state index in [1.807, 2.05) is 0 Å². The number of allylic oxidation sites excluding steroid dienone is 1. The molecule has 2 heteroatoms. The zero-order valence-corrected chi connectivity index (χ0v) is 10.6. The van der Waals surface area contributed by atoms with Gasteiger partial charge in [-0.15, -0.1) is 0 Å². The average molecular weight is 230 g/mol. The molecule has 3 N–H and O–H groups in total. The molecule has 0 saturated carbocycles. The van der Waals surface area contributed by atoms with Crippen molar-refractivity contribution in [3.8, 4) is 0 Å². The quantitative estimate of drug-likeness (QED) is 0.474. The first-order chi connectivity index (χ1) is 8.31. The molecular formula is C15H22N2. The predicted molar refractivity (Wildman–Crippen MR) is 72.4 cm³/mol. The van der Waals surface area contributed by atoms with Crippen molar-refractivity contribution in [3.63, 3.8) is 0 Å². The number of rotatable bonds is 3. The molecule has 0 bridgehead atoms. The first kappa shape index (κ1) is 12.3. The summed E-state index contributed by atoms with van der Waals surface area (Å²) in [7, 11) is 0. The van der Waals surface area contributed by atoms with Gasteiger partial charge in [0.25, 0.3) is 0 Å². The van der Waals surface area contributed by atoms with Crippen LogP contribution in [0.2, 0.25) is 0 Å². The number of hydrogen-bond acceptors (Lipinski definition) is 2. The summed E-state index contributed by atoms with van der Waals surface area (Å²) in [4.78, 5) is 0. The molecule has 17 heavy (non-hydrogen) atoms. The maximum absolute atomic E-state index is 5.73. The van der Waals surface area contributed by atoms with E-state index in [4.69, 9.17) is 5.84 Å². The SMILES string of the molecule is Cc1ccc(C(NN)C2=CCCCCC2)cc1. The molecule has 0 heterocycles. The fourth-order valence-corrected chi connectivity index (χ4v) is 2.48. The van der Waals surface area contributed by atoms with Crippen molar-refractivity contribution in [1.29, 1.82) is 0 Å². The molecule has 1 unspecified atom stereocenters. The van der Waals surface area contributed by atoms with E-state index in [2.05, 4.69) is 42.7 Å². The van der Waals surface area contributed by atoms with E-state index in [-0.39, 0.29) is 6.04 Å². The minimum absolute atomic E-state index is 0.189. The van der Waals surface area contributed by atoms with Crippen molar-refractivity contribution in [2.24, 2.45) is 5.84 Å². The number of nitrogens with two attached hydrogens (primary N) is 1. The van der Waals surface area contributed by atoms with Crippen molar-refractivity contribution in [3.05, 3.63) is 47.0 Å². The van der Waals surface area contributed by atoms with E-state index in [1.54, 1.807) is 0 Å². The van der Waals surface area contributed by atoms with Gasteiger partial charge in [-0.1, -0.05) is 47.9 Å². The summed E-state index contributed by atoms with van der Waals surface area (Å²) in [5.74, 6) is 5.73. The van der Waals surface area contributed by atoms with E-state index >= 15 is 0 Å². The van der Waals surface area contributed by atoms with Crippen molar-refractivity contribution in [1.82, 2.24) is 5.43 Å². The van der Waals surface area contributed by atoms with Crippen LogP contribution in [-0.2, 0) is 0 Å². The highest BCUT2D eigenvalue weighted by Gasteiger charge is 2.15. The summed E-state index contributed by atoms with van der Waals surface area (Å²) in [5, 5.41) is 0. The van der Waals surface area contributed by atoms with Gasteiger partial charge in [0.15, 0.2) is 0 Å². The fraction of sp³-hybridized carbons (Fsp3) is 0.467.